The lowest BCUT2D eigenvalue weighted by Gasteiger charge is -2.16. The van der Waals surface area contributed by atoms with Gasteiger partial charge >= 0.3 is 5.97 Å². The zero-order valence-corrected chi connectivity index (χ0v) is 16.4. The summed E-state index contributed by atoms with van der Waals surface area (Å²) in [6, 6.07) is 10.4. The molecular formula is C20H22ClNO5. The summed E-state index contributed by atoms with van der Waals surface area (Å²) in [5, 5.41) is 3.07. The Balaban J connectivity index is 1.91. The highest BCUT2D eigenvalue weighted by Gasteiger charge is 2.20. The number of halogens is 1. The smallest absolute Gasteiger partial charge is 0.344 e. The van der Waals surface area contributed by atoms with Crippen LogP contribution >= 0.6 is 11.6 Å². The van der Waals surface area contributed by atoms with E-state index in [1.165, 1.54) is 14.0 Å². The lowest BCUT2D eigenvalue weighted by molar-refractivity contribution is -0.155. The van der Waals surface area contributed by atoms with Gasteiger partial charge in [-0.25, -0.2) is 4.79 Å². The number of hydrogen-bond donors (Lipinski definition) is 1. The summed E-state index contributed by atoms with van der Waals surface area (Å²) in [6.45, 7) is 5.05. The van der Waals surface area contributed by atoms with Crippen LogP contribution in [0.25, 0.3) is 0 Å². The maximum absolute atomic E-state index is 12.3. The Morgan fingerprint density at radius 2 is 1.89 bits per heavy atom. The first-order valence-corrected chi connectivity index (χ1v) is 8.72. The summed E-state index contributed by atoms with van der Waals surface area (Å²) in [5.41, 5.74) is 2.40. The molecule has 2 rings (SSSR count). The fourth-order valence-corrected chi connectivity index (χ4v) is 2.49. The molecule has 0 heterocycles. The number of methoxy groups -OCH3 is 1. The van der Waals surface area contributed by atoms with Gasteiger partial charge in [-0.05, 0) is 56.2 Å². The van der Waals surface area contributed by atoms with Crippen molar-refractivity contribution in [2.45, 2.75) is 26.9 Å². The second-order valence-electron chi connectivity index (χ2n) is 5.95. The highest BCUT2D eigenvalue weighted by Crippen LogP contribution is 2.27. The summed E-state index contributed by atoms with van der Waals surface area (Å²) >= 11 is 5.94. The summed E-state index contributed by atoms with van der Waals surface area (Å²) in [5.74, 6) is -0.0930. The van der Waals surface area contributed by atoms with E-state index in [1.807, 2.05) is 26.0 Å². The van der Waals surface area contributed by atoms with Gasteiger partial charge < -0.3 is 19.5 Å². The number of hydrogen-bond acceptors (Lipinski definition) is 5. The van der Waals surface area contributed by atoms with Crippen molar-refractivity contribution < 1.29 is 23.8 Å². The third kappa shape index (κ3) is 5.62. The van der Waals surface area contributed by atoms with Crippen LogP contribution in [0, 0.1) is 13.8 Å². The maximum Gasteiger partial charge on any atom is 0.344 e. The lowest BCUT2D eigenvalue weighted by Crippen LogP contribution is -2.31. The van der Waals surface area contributed by atoms with Gasteiger partial charge in [0.15, 0.2) is 12.7 Å². The number of anilines is 1. The largest absolute Gasteiger partial charge is 0.495 e. The molecule has 0 aliphatic rings. The molecule has 0 aliphatic heterocycles. The van der Waals surface area contributed by atoms with E-state index in [-0.39, 0.29) is 6.61 Å². The zero-order valence-electron chi connectivity index (χ0n) is 15.7. The number of carbonyl (C=O) groups is 2. The van der Waals surface area contributed by atoms with Crippen molar-refractivity contribution in [1.82, 2.24) is 0 Å². The van der Waals surface area contributed by atoms with Crippen LogP contribution in [-0.4, -0.2) is 31.7 Å². The van der Waals surface area contributed by atoms with Gasteiger partial charge in [0, 0.05) is 5.02 Å². The Kier molecular flexibility index (Phi) is 7.07. The Hall–Kier alpha value is -2.73. The number of benzene rings is 2. The molecule has 2 aromatic carbocycles. The fraction of sp³-hybridized carbons (Fsp3) is 0.300. The van der Waals surface area contributed by atoms with Gasteiger partial charge in [-0.3, -0.25) is 4.79 Å². The van der Waals surface area contributed by atoms with Crippen molar-refractivity contribution >= 4 is 29.2 Å². The van der Waals surface area contributed by atoms with Gasteiger partial charge in [-0.2, -0.15) is 0 Å². The second kappa shape index (κ2) is 9.28. The van der Waals surface area contributed by atoms with Gasteiger partial charge in [-0.1, -0.05) is 23.7 Å². The topological polar surface area (TPSA) is 73.9 Å². The molecule has 1 amide bonds. The number of aryl methyl sites for hydroxylation is 1. The van der Waals surface area contributed by atoms with Gasteiger partial charge in [-0.15, -0.1) is 0 Å². The predicted molar refractivity (Wildman–Crippen MR) is 104 cm³/mol. The molecule has 0 bridgehead atoms. The minimum atomic E-state index is -1.01. The van der Waals surface area contributed by atoms with Gasteiger partial charge in [0.1, 0.15) is 11.5 Å². The molecule has 0 fully saturated rings. The molecule has 2 aromatic rings. The van der Waals surface area contributed by atoms with E-state index in [2.05, 4.69) is 5.32 Å². The van der Waals surface area contributed by atoms with Gasteiger partial charge in [0.2, 0.25) is 0 Å². The van der Waals surface area contributed by atoms with E-state index in [0.717, 1.165) is 11.1 Å². The van der Waals surface area contributed by atoms with E-state index < -0.39 is 18.0 Å². The molecular weight excluding hydrogens is 370 g/mol. The fourth-order valence-electron chi connectivity index (χ4n) is 2.31. The van der Waals surface area contributed by atoms with E-state index in [4.69, 9.17) is 25.8 Å². The molecule has 0 aliphatic carbocycles. The molecule has 0 radical (unpaired) electrons. The average molecular weight is 392 g/mol. The van der Waals surface area contributed by atoms with Crippen LogP contribution in [0.2, 0.25) is 5.02 Å². The van der Waals surface area contributed by atoms with Crippen LogP contribution in [0.3, 0.4) is 0 Å². The highest BCUT2D eigenvalue weighted by atomic mass is 35.5. The SMILES string of the molecule is COc1ccc(Cl)cc1NC(=O)[C@H](C)OC(=O)COc1cccc(C)c1C. The number of nitrogens with one attached hydrogen (secondary N) is 1. The molecule has 7 heteroatoms. The molecule has 6 nitrogen and oxygen atoms in total. The van der Waals surface area contributed by atoms with Crippen molar-refractivity contribution in [3.63, 3.8) is 0 Å². The van der Waals surface area contributed by atoms with E-state index in [0.29, 0.717) is 22.2 Å². The number of ether oxygens (including phenoxy) is 3. The predicted octanol–water partition coefficient (Wildman–Crippen LogP) is 3.91. The normalized spacial score (nSPS) is 11.4. The molecule has 1 N–H and O–H groups in total. The molecule has 27 heavy (non-hydrogen) atoms. The third-order valence-electron chi connectivity index (χ3n) is 4.00. The number of carbonyl (C=O) groups excluding carboxylic acids is 2. The third-order valence-corrected chi connectivity index (χ3v) is 4.23. The highest BCUT2D eigenvalue weighted by molar-refractivity contribution is 6.31. The Labute approximate surface area is 163 Å². The monoisotopic (exact) mass is 391 g/mol. The minimum absolute atomic E-state index is 0.289. The van der Waals surface area contributed by atoms with Crippen molar-refractivity contribution in [2.24, 2.45) is 0 Å². The molecule has 0 unspecified atom stereocenters. The molecule has 0 saturated carbocycles. The van der Waals surface area contributed by atoms with Crippen LogP contribution in [0.5, 0.6) is 11.5 Å². The molecule has 0 aromatic heterocycles. The number of esters is 1. The van der Waals surface area contributed by atoms with Crippen molar-refractivity contribution in [3.05, 3.63) is 52.5 Å². The second-order valence-corrected chi connectivity index (χ2v) is 6.39. The Morgan fingerprint density at radius 1 is 1.15 bits per heavy atom. The van der Waals surface area contributed by atoms with Crippen molar-refractivity contribution in [1.29, 1.82) is 0 Å². The van der Waals surface area contributed by atoms with Crippen LogP contribution in [-0.2, 0) is 14.3 Å². The van der Waals surface area contributed by atoms with Crippen molar-refractivity contribution in [2.75, 3.05) is 19.0 Å². The molecule has 144 valence electrons. The quantitative estimate of drug-likeness (QED) is 0.724. The minimum Gasteiger partial charge on any atom is -0.495 e. The van der Waals surface area contributed by atoms with Crippen LogP contribution in [0.4, 0.5) is 5.69 Å². The average Bonchev–Trinajstić information content (AvgIpc) is 2.63. The first-order valence-electron chi connectivity index (χ1n) is 8.34. The maximum atomic E-state index is 12.3. The van der Waals surface area contributed by atoms with Gasteiger partial charge in [0.05, 0.1) is 12.8 Å². The van der Waals surface area contributed by atoms with Gasteiger partial charge in [0.25, 0.3) is 5.91 Å². The standard InChI is InChI=1S/C20H22ClNO5/c1-12-6-5-7-17(13(12)2)26-11-19(23)27-14(3)20(24)22-16-10-15(21)8-9-18(16)25-4/h5-10,14H,11H2,1-4H3,(H,22,24)/t14-/m0/s1. The summed E-state index contributed by atoms with van der Waals surface area (Å²) in [7, 11) is 1.48. The summed E-state index contributed by atoms with van der Waals surface area (Å²) in [6.07, 6.45) is -1.01. The summed E-state index contributed by atoms with van der Waals surface area (Å²) < 4.78 is 15.8. The first kappa shape index (κ1) is 20.6. The summed E-state index contributed by atoms with van der Waals surface area (Å²) in [4.78, 5) is 24.3. The lowest BCUT2D eigenvalue weighted by atomic mass is 10.1. The molecule has 0 saturated heterocycles. The first-order chi connectivity index (χ1) is 12.8. The molecule has 1 atom stereocenters. The molecule has 0 spiro atoms. The van der Waals surface area contributed by atoms with Crippen LogP contribution in [0.15, 0.2) is 36.4 Å². The zero-order chi connectivity index (χ0) is 20.0. The van der Waals surface area contributed by atoms with Crippen LogP contribution < -0.4 is 14.8 Å². The Bertz CT molecular complexity index is 837. The number of rotatable bonds is 7. The number of amides is 1. The van der Waals surface area contributed by atoms with E-state index in [9.17, 15) is 9.59 Å². The van der Waals surface area contributed by atoms with Crippen molar-refractivity contribution in [3.8, 4) is 11.5 Å². The van der Waals surface area contributed by atoms with Crippen LogP contribution in [0.1, 0.15) is 18.1 Å². The van der Waals surface area contributed by atoms with E-state index >= 15 is 0 Å². The van der Waals surface area contributed by atoms with E-state index in [1.54, 1.807) is 24.3 Å². The Morgan fingerprint density at radius 3 is 2.59 bits per heavy atom.